The third kappa shape index (κ3) is 5.94. The summed E-state index contributed by atoms with van der Waals surface area (Å²) in [6, 6.07) is 0. The summed E-state index contributed by atoms with van der Waals surface area (Å²) >= 11 is 0. The molecule has 0 saturated carbocycles. The summed E-state index contributed by atoms with van der Waals surface area (Å²) < 4.78 is 0. The first-order valence-corrected chi connectivity index (χ1v) is 4.51. The van der Waals surface area contributed by atoms with Crippen LogP contribution >= 0.6 is 0 Å². The highest BCUT2D eigenvalue weighted by atomic mass is 15.1. The standard InChI is InChI=1S/C10H19N/c1-4-7-9-11(6-3)10-8-5-2/h1H,5-10H2,2-3H3. The summed E-state index contributed by atoms with van der Waals surface area (Å²) in [6.07, 6.45) is 8.63. The molecule has 0 aromatic heterocycles. The van der Waals surface area contributed by atoms with Gasteiger partial charge in [-0.25, -0.2) is 0 Å². The van der Waals surface area contributed by atoms with Gasteiger partial charge >= 0.3 is 0 Å². The molecule has 0 fully saturated rings. The van der Waals surface area contributed by atoms with Crippen LogP contribution in [-0.4, -0.2) is 24.5 Å². The Morgan fingerprint density at radius 3 is 2.45 bits per heavy atom. The van der Waals surface area contributed by atoms with Crippen LogP contribution in [0.5, 0.6) is 0 Å². The van der Waals surface area contributed by atoms with Crippen molar-refractivity contribution in [3.63, 3.8) is 0 Å². The number of rotatable bonds is 6. The first kappa shape index (κ1) is 10.5. The molecule has 0 rings (SSSR count). The molecule has 0 bridgehead atoms. The number of hydrogen-bond acceptors (Lipinski definition) is 1. The predicted molar refractivity (Wildman–Crippen MR) is 50.5 cm³/mol. The Hall–Kier alpha value is -0.480. The van der Waals surface area contributed by atoms with E-state index in [0.717, 1.165) is 19.5 Å². The molecule has 0 saturated heterocycles. The number of hydrogen-bond donors (Lipinski definition) is 0. The van der Waals surface area contributed by atoms with Crippen LogP contribution in [0.25, 0.3) is 0 Å². The fourth-order valence-corrected chi connectivity index (χ4v) is 1.03. The molecule has 0 aromatic rings. The smallest absolute Gasteiger partial charge is 0.0214 e. The summed E-state index contributed by atoms with van der Waals surface area (Å²) in [5.41, 5.74) is 0. The maximum absolute atomic E-state index is 5.18. The Morgan fingerprint density at radius 2 is 2.00 bits per heavy atom. The van der Waals surface area contributed by atoms with Gasteiger partial charge in [-0.05, 0) is 19.5 Å². The summed E-state index contributed by atoms with van der Waals surface area (Å²) in [5.74, 6) is 2.67. The first-order chi connectivity index (χ1) is 5.35. The Balaban J connectivity index is 3.34. The molecule has 0 heterocycles. The molecule has 1 heteroatoms. The summed E-state index contributed by atoms with van der Waals surface area (Å²) in [5, 5.41) is 0. The van der Waals surface area contributed by atoms with Gasteiger partial charge < -0.3 is 4.90 Å². The molecule has 0 unspecified atom stereocenters. The summed E-state index contributed by atoms with van der Waals surface area (Å²) in [4.78, 5) is 2.41. The number of unbranched alkanes of at least 4 members (excludes halogenated alkanes) is 1. The molecule has 0 amide bonds. The lowest BCUT2D eigenvalue weighted by atomic mass is 10.3. The van der Waals surface area contributed by atoms with E-state index in [1.54, 1.807) is 0 Å². The normalized spacial score (nSPS) is 10.0. The van der Waals surface area contributed by atoms with Gasteiger partial charge in [0, 0.05) is 13.0 Å². The second-order valence-electron chi connectivity index (χ2n) is 2.74. The Kier molecular flexibility index (Phi) is 7.29. The van der Waals surface area contributed by atoms with Crippen molar-refractivity contribution < 1.29 is 0 Å². The van der Waals surface area contributed by atoms with Gasteiger partial charge in [0.05, 0.1) is 0 Å². The molecule has 0 radical (unpaired) electrons. The van der Waals surface area contributed by atoms with Crippen LogP contribution < -0.4 is 0 Å². The average Bonchev–Trinajstić information content (AvgIpc) is 2.05. The van der Waals surface area contributed by atoms with Crippen LogP contribution in [0.15, 0.2) is 0 Å². The third-order valence-electron chi connectivity index (χ3n) is 1.85. The molecule has 64 valence electrons. The fourth-order valence-electron chi connectivity index (χ4n) is 1.03. The molecule has 0 aliphatic carbocycles. The van der Waals surface area contributed by atoms with Gasteiger partial charge in [-0.1, -0.05) is 20.3 Å². The molecule has 0 aromatic carbocycles. The van der Waals surface area contributed by atoms with Crippen molar-refractivity contribution in [2.45, 2.75) is 33.1 Å². The lowest BCUT2D eigenvalue weighted by Crippen LogP contribution is -2.25. The molecule has 11 heavy (non-hydrogen) atoms. The highest BCUT2D eigenvalue weighted by molar-refractivity contribution is 4.84. The first-order valence-electron chi connectivity index (χ1n) is 4.51. The predicted octanol–water partition coefficient (Wildman–Crippen LogP) is 2.13. The van der Waals surface area contributed by atoms with E-state index < -0.39 is 0 Å². The fraction of sp³-hybridized carbons (Fsp3) is 0.800. The molecular formula is C10H19N. The zero-order chi connectivity index (χ0) is 8.53. The van der Waals surface area contributed by atoms with Gasteiger partial charge in [-0.2, -0.15) is 0 Å². The minimum atomic E-state index is 0.886. The van der Waals surface area contributed by atoms with Crippen molar-refractivity contribution in [1.82, 2.24) is 4.90 Å². The van der Waals surface area contributed by atoms with Crippen molar-refractivity contribution in [2.75, 3.05) is 19.6 Å². The number of terminal acetylenes is 1. The van der Waals surface area contributed by atoms with E-state index in [-0.39, 0.29) is 0 Å². The van der Waals surface area contributed by atoms with E-state index in [1.807, 2.05) is 0 Å². The largest absolute Gasteiger partial charge is 0.303 e. The molecule has 0 aliphatic rings. The van der Waals surface area contributed by atoms with Crippen LogP contribution in [-0.2, 0) is 0 Å². The van der Waals surface area contributed by atoms with Crippen molar-refractivity contribution in [1.29, 1.82) is 0 Å². The van der Waals surface area contributed by atoms with Crippen molar-refractivity contribution in [3.05, 3.63) is 0 Å². The lowest BCUT2D eigenvalue weighted by molar-refractivity contribution is 0.290. The highest BCUT2D eigenvalue weighted by Crippen LogP contribution is 1.95. The van der Waals surface area contributed by atoms with Crippen LogP contribution in [0.2, 0.25) is 0 Å². The molecular weight excluding hydrogens is 134 g/mol. The van der Waals surface area contributed by atoms with E-state index in [4.69, 9.17) is 6.42 Å². The van der Waals surface area contributed by atoms with Gasteiger partial charge in [0.2, 0.25) is 0 Å². The van der Waals surface area contributed by atoms with Crippen molar-refractivity contribution >= 4 is 0 Å². The molecule has 0 spiro atoms. The van der Waals surface area contributed by atoms with Crippen LogP contribution in [0.1, 0.15) is 33.1 Å². The topological polar surface area (TPSA) is 3.24 Å². The quantitative estimate of drug-likeness (QED) is 0.528. The Labute approximate surface area is 70.8 Å². The SMILES string of the molecule is C#CCCN(CC)CCCC. The van der Waals surface area contributed by atoms with Crippen LogP contribution in [0, 0.1) is 12.3 Å². The van der Waals surface area contributed by atoms with E-state index in [0.29, 0.717) is 0 Å². The average molecular weight is 153 g/mol. The van der Waals surface area contributed by atoms with Gasteiger partial charge in [0.15, 0.2) is 0 Å². The minimum absolute atomic E-state index is 0.886. The highest BCUT2D eigenvalue weighted by Gasteiger charge is 1.98. The molecule has 0 aliphatic heterocycles. The Morgan fingerprint density at radius 1 is 1.27 bits per heavy atom. The van der Waals surface area contributed by atoms with Gasteiger partial charge in [0.1, 0.15) is 0 Å². The van der Waals surface area contributed by atoms with Crippen LogP contribution in [0.3, 0.4) is 0 Å². The van der Waals surface area contributed by atoms with Crippen molar-refractivity contribution in [3.8, 4) is 12.3 Å². The molecule has 1 nitrogen and oxygen atoms in total. The lowest BCUT2D eigenvalue weighted by Gasteiger charge is -2.18. The Bertz CT molecular complexity index is 113. The second kappa shape index (κ2) is 7.63. The molecule has 0 atom stereocenters. The van der Waals surface area contributed by atoms with Gasteiger partial charge in [0.25, 0.3) is 0 Å². The number of nitrogens with zero attached hydrogens (tertiary/aromatic N) is 1. The van der Waals surface area contributed by atoms with E-state index in [9.17, 15) is 0 Å². The maximum atomic E-state index is 5.18. The second-order valence-corrected chi connectivity index (χ2v) is 2.74. The zero-order valence-electron chi connectivity index (χ0n) is 7.77. The molecule has 0 N–H and O–H groups in total. The third-order valence-corrected chi connectivity index (χ3v) is 1.85. The van der Waals surface area contributed by atoms with E-state index in [2.05, 4.69) is 24.7 Å². The maximum Gasteiger partial charge on any atom is 0.0214 e. The van der Waals surface area contributed by atoms with Gasteiger partial charge in [-0.15, -0.1) is 12.3 Å². The van der Waals surface area contributed by atoms with E-state index >= 15 is 0 Å². The van der Waals surface area contributed by atoms with Gasteiger partial charge in [-0.3, -0.25) is 0 Å². The van der Waals surface area contributed by atoms with Crippen molar-refractivity contribution in [2.24, 2.45) is 0 Å². The zero-order valence-corrected chi connectivity index (χ0v) is 7.77. The summed E-state index contributed by atoms with van der Waals surface area (Å²) in [6.45, 7) is 7.80. The minimum Gasteiger partial charge on any atom is -0.303 e. The monoisotopic (exact) mass is 153 g/mol. The summed E-state index contributed by atoms with van der Waals surface area (Å²) in [7, 11) is 0. The van der Waals surface area contributed by atoms with Crippen LogP contribution in [0.4, 0.5) is 0 Å². The van der Waals surface area contributed by atoms with E-state index in [1.165, 1.54) is 19.4 Å².